The number of hydrogen-bond donors (Lipinski definition) is 2. The van der Waals surface area contributed by atoms with E-state index in [1.54, 1.807) is 18.3 Å². The molecule has 1 aliphatic heterocycles. The molecule has 0 aliphatic carbocycles. The molecule has 110 valence electrons. The number of hydrogen-bond acceptors (Lipinski definition) is 4. The van der Waals surface area contributed by atoms with Crippen LogP contribution >= 0.6 is 11.8 Å². The highest BCUT2D eigenvalue weighted by Gasteiger charge is 2.13. The average molecular weight is 297 g/mol. The second-order valence-electron chi connectivity index (χ2n) is 4.62. The minimum absolute atomic E-state index is 0.195. The van der Waals surface area contributed by atoms with Crippen LogP contribution in [0.25, 0.3) is 0 Å². The molecule has 1 saturated heterocycles. The van der Waals surface area contributed by atoms with Gasteiger partial charge in [0, 0.05) is 43.9 Å². The van der Waals surface area contributed by atoms with Crippen LogP contribution in [0.4, 0.5) is 0 Å². The standard InChI is InChI=1S/C13H19N3O3S/c17-12(18)10-16-4-1-2-11(16)13(19)14-3-5-15-6-8-20-9-7-15/h1-2,4H,3,5-10H2,(H,14,19)(H,17,18). The molecule has 0 unspecified atom stereocenters. The molecule has 6 nitrogen and oxygen atoms in total. The molecular weight excluding hydrogens is 278 g/mol. The molecule has 0 spiro atoms. The summed E-state index contributed by atoms with van der Waals surface area (Å²) in [5, 5.41) is 11.6. The third kappa shape index (κ3) is 4.28. The van der Waals surface area contributed by atoms with E-state index in [0.29, 0.717) is 12.2 Å². The molecular formula is C13H19N3O3S. The fraction of sp³-hybridized carbons (Fsp3) is 0.538. The number of aliphatic carboxylic acids is 1. The van der Waals surface area contributed by atoms with Gasteiger partial charge in [-0.1, -0.05) is 0 Å². The van der Waals surface area contributed by atoms with Crippen LogP contribution in [0.15, 0.2) is 18.3 Å². The van der Waals surface area contributed by atoms with E-state index < -0.39 is 5.97 Å². The Bertz CT molecular complexity index is 469. The second kappa shape index (κ2) is 7.35. The lowest BCUT2D eigenvalue weighted by Crippen LogP contribution is -2.39. The Hall–Kier alpha value is -1.47. The lowest BCUT2D eigenvalue weighted by atomic mass is 10.3. The maximum absolute atomic E-state index is 12.0. The van der Waals surface area contributed by atoms with Gasteiger partial charge < -0.3 is 15.0 Å². The van der Waals surface area contributed by atoms with E-state index in [-0.39, 0.29) is 12.5 Å². The summed E-state index contributed by atoms with van der Waals surface area (Å²) in [6, 6.07) is 3.31. The van der Waals surface area contributed by atoms with E-state index in [0.717, 1.165) is 31.1 Å². The zero-order valence-electron chi connectivity index (χ0n) is 11.2. The molecule has 0 atom stereocenters. The smallest absolute Gasteiger partial charge is 0.323 e. The lowest BCUT2D eigenvalue weighted by Gasteiger charge is -2.26. The molecule has 0 bridgehead atoms. The van der Waals surface area contributed by atoms with E-state index in [1.165, 1.54) is 4.57 Å². The molecule has 2 N–H and O–H groups in total. The van der Waals surface area contributed by atoms with Crippen molar-refractivity contribution in [3.8, 4) is 0 Å². The Morgan fingerprint density at radius 1 is 1.35 bits per heavy atom. The molecule has 2 heterocycles. The number of aromatic nitrogens is 1. The monoisotopic (exact) mass is 297 g/mol. The van der Waals surface area contributed by atoms with Crippen LogP contribution in [0.2, 0.25) is 0 Å². The fourth-order valence-electron chi connectivity index (χ4n) is 2.15. The van der Waals surface area contributed by atoms with Crippen molar-refractivity contribution < 1.29 is 14.7 Å². The first-order valence-electron chi connectivity index (χ1n) is 6.62. The summed E-state index contributed by atoms with van der Waals surface area (Å²) in [6.07, 6.45) is 1.60. The maximum Gasteiger partial charge on any atom is 0.323 e. The highest BCUT2D eigenvalue weighted by molar-refractivity contribution is 7.99. The van der Waals surface area contributed by atoms with Gasteiger partial charge in [-0.3, -0.25) is 14.5 Å². The van der Waals surface area contributed by atoms with Gasteiger partial charge in [0.05, 0.1) is 0 Å². The Balaban J connectivity index is 1.79. The van der Waals surface area contributed by atoms with Crippen LogP contribution in [0.1, 0.15) is 10.5 Å². The van der Waals surface area contributed by atoms with Crippen molar-refractivity contribution in [1.29, 1.82) is 0 Å². The molecule has 1 aromatic heterocycles. The molecule has 0 saturated carbocycles. The summed E-state index contributed by atoms with van der Waals surface area (Å²) in [6.45, 7) is 3.36. The maximum atomic E-state index is 12.0. The molecule has 1 aliphatic rings. The SMILES string of the molecule is O=C(O)Cn1cccc1C(=O)NCCN1CCSCC1. The van der Waals surface area contributed by atoms with E-state index in [4.69, 9.17) is 5.11 Å². The van der Waals surface area contributed by atoms with Crippen molar-refractivity contribution in [2.75, 3.05) is 37.7 Å². The van der Waals surface area contributed by atoms with Gasteiger partial charge in [-0.15, -0.1) is 0 Å². The zero-order chi connectivity index (χ0) is 14.4. The summed E-state index contributed by atoms with van der Waals surface area (Å²) in [7, 11) is 0. The third-order valence-corrected chi connectivity index (χ3v) is 4.13. The molecule has 1 amide bonds. The van der Waals surface area contributed by atoms with Crippen LogP contribution in [0, 0.1) is 0 Å². The Labute approximate surface area is 122 Å². The predicted molar refractivity (Wildman–Crippen MR) is 78.2 cm³/mol. The lowest BCUT2D eigenvalue weighted by molar-refractivity contribution is -0.137. The minimum Gasteiger partial charge on any atom is -0.480 e. The number of carbonyl (C=O) groups excluding carboxylic acids is 1. The predicted octanol–water partition coefficient (Wildman–Crippen LogP) is 0.351. The summed E-state index contributed by atoms with van der Waals surface area (Å²) in [5.41, 5.74) is 0.390. The minimum atomic E-state index is -0.957. The first-order chi connectivity index (χ1) is 9.66. The topological polar surface area (TPSA) is 74.6 Å². The van der Waals surface area contributed by atoms with E-state index >= 15 is 0 Å². The largest absolute Gasteiger partial charge is 0.480 e. The highest BCUT2D eigenvalue weighted by atomic mass is 32.2. The van der Waals surface area contributed by atoms with Crippen LogP contribution in [0.5, 0.6) is 0 Å². The molecule has 0 radical (unpaired) electrons. The van der Waals surface area contributed by atoms with Crippen molar-refractivity contribution >= 4 is 23.6 Å². The summed E-state index contributed by atoms with van der Waals surface area (Å²) in [4.78, 5) is 25.0. The van der Waals surface area contributed by atoms with E-state index in [9.17, 15) is 9.59 Å². The molecule has 20 heavy (non-hydrogen) atoms. The number of carbonyl (C=O) groups is 2. The number of nitrogens with one attached hydrogen (secondary N) is 1. The average Bonchev–Trinajstić information content (AvgIpc) is 2.87. The van der Waals surface area contributed by atoms with Gasteiger partial charge in [0.2, 0.25) is 0 Å². The van der Waals surface area contributed by atoms with Crippen molar-refractivity contribution in [1.82, 2.24) is 14.8 Å². The van der Waals surface area contributed by atoms with Crippen molar-refractivity contribution in [2.45, 2.75) is 6.54 Å². The number of nitrogens with zero attached hydrogens (tertiary/aromatic N) is 2. The summed E-state index contributed by atoms with van der Waals surface area (Å²) in [5.74, 6) is 1.12. The zero-order valence-corrected chi connectivity index (χ0v) is 12.1. The fourth-order valence-corrected chi connectivity index (χ4v) is 3.13. The van der Waals surface area contributed by atoms with E-state index in [2.05, 4.69) is 10.2 Å². The molecule has 1 fully saturated rings. The normalized spacial score (nSPS) is 16.0. The Kier molecular flexibility index (Phi) is 5.49. The second-order valence-corrected chi connectivity index (χ2v) is 5.85. The van der Waals surface area contributed by atoms with Crippen molar-refractivity contribution in [3.63, 3.8) is 0 Å². The third-order valence-electron chi connectivity index (χ3n) is 3.19. The number of carboxylic acids is 1. The summed E-state index contributed by atoms with van der Waals surface area (Å²) >= 11 is 1.96. The van der Waals surface area contributed by atoms with Crippen molar-refractivity contribution in [2.24, 2.45) is 0 Å². The van der Waals surface area contributed by atoms with Crippen LogP contribution in [-0.4, -0.2) is 64.1 Å². The van der Waals surface area contributed by atoms with Crippen molar-refractivity contribution in [3.05, 3.63) is 24.0 Å². The first kappa shape index (κ1) is 14.9. The molecule has 1 aromatic rings. The van der Waals surface area contributed by atoms with Gasteiger partial charge in [0.1, 0.15) is 12.2 Å². The number of amides is 1. The van der Waals surface area contributed by atoms with Gasteiger partial charge in [0.15, 0.2) is 0 Å². The Morgan fingerprint density at radius 3 is 2.80 bits per heavy atom. The number of thioether (sulfide) groups is 1. The van der Waals surface area contributed by atoms with Gasteiger partial charge >= 0.3 is 5.97 Å². The van der Waals surface area contributed by atoms with Gasteiger partial charge in [-0.2, -0.15) is 11.8 Å². The molecule has 2 rings (SSSR count). The van der Waals surface area contributed by atoms with Gasteiger partial charge in [-0.25, -0.2) is 0 Å². The number of rotatable bonds is 6. The van der Waals surface area contributed by atoms with Crippen LogP contribution in [0.3, 0.4) is 0 Å². The quantitative estimate of drug-likeness (QED) is 0.792. The van der Waals surface area contributed by atoms with Crippen LogP contribution in [-0.2, 0) is 11.3 Å². The van der Waals surface area contributed by atoms with E-state index in [1.807, 2.05) is 11.8 Å². The molecule has 7 heteroatoms. The summed E-state index contributed by atoms with van der Waals surface area (Å²) < 4.78 is 1.44. The van der Waals surface area contributed by atoms with Gasteiger partial charge in [-0.05, 0) is 12.1 Å². The number of carboxylic acid groups (broad SMARTS) is 1. The highest BCUT2D eigenvalue weighted by Crippen LogP contribution is 2.08. The van der Waals surface area contributed by atoms with Crippen LogP contribution < -0.4 is 5.32 Å². The first-order valence-corrected chi connectivity index (χ1v) is 7.77. The van der Waals surface area contributed by atoms with Gasteiger partial charge in [0.25, 0.3) is 5.91 Å². The molecule has 0 aromatic carbocycles. The Morgan fingerprint density at radius 2 is 2.10 bits per heavy atom.